The second-order valence-corrected chi connectivity index (χ2v) is 13.4. The molecule has 0 unspecified atom stereocenters. The Morgan fingerprint density at radius 3 is 2.56 bits per heavy atom. The minimum atomic E-state index is -1.34. The van der Waals surface area contributed by atoms with Crippen molar-refractivity contribution in [3.8, 4) is 5.75 Å². The summed E-state index contributed by atoms with van der Waals surface area (Å²) in [5.41, 5.74) is 7.17. The minimum absolute atomic E-state index is 0.0318. The molecule has 258 valence electrons. The maximum Gasteiger partial charge on any atom is 0.352 e. The van der Waals surface area contributed by atoms with Crippen LogP contribution in [0.3, 0.4) is 0 Å². The van der Waals surface area contributed by atoms with Crippen molar-refractivity contribution in [3.05, 3.63) is 88.3 Å². The number of rotatable bonds is 11. The number of carboxylic acid groups (broad SMARTS) is 1. The van der Waals surface area contributed by atoms with Crippen LogP contribution >= 0.6 is 23.1 Å². The number of pyridine rings is 1. The van der Waals surface area contributed by atoms with Crippen LogP contribution < -0.4 is 25.7 Å². The first kappa shape index (κ1) is 34.1. The van der Waals surface area contributed by atoms with Gasteiger partial charge in [-0.15, -0.1) is 23.1 Å². The lowest BCUT2D eigenvalue weighted by atomic mass is 10.0. The van der Waals surface area contributed by atoms with Gasteiger partial charge in [-0.05, 0) is 47.9 Å². The van der Waals surface area contributed by atoms with E-state index in [9.17, 15) is 34.3 Å². The lowest BCUT2D eigenvalue weighted by Crippen LogP contribution is -2.71. The summed E-state index contributed by atoms with van der Waals surface area (Å²) in [5.74, 6) is -2.46. The highest BCUT2D eigenvalue weighted by Crippen LogP contribution is 2.41. The van der Waals surface area contributed by atoms with Gasteiger partial charge in [0.15, 0.2) is 23.2 Å². The number of benzene rings is 1. The number of ether oxygens (including phenoxy) is 1. The Morgan fingerprint density at radius 2 is 1.92 bits per heavy atom. The average molecular weight is 720 g/mol. The van der Waals surface area contributed by atoms with Crippen LogP contribution in [0.1, 0.15) is 17.7 Å². The number of thioether (sulfide) groups is 1. The monoisotopic (exact) mass is 719 g/mol. The zero-order chi connectivity index (χ0) is 35.5. The normalized spacial score (nSPS) is 19.7. The summed E-state index contributed by atoms with van der Waals surface area (Å²) in [4.78, 5) is 70.8. The third kappa shape index (κ3) is 7.01. The molecule has 3 aromatic rings. The van der Waals surface area contributed by atoms with Crippen LogP contribution in [0.4, 0.5) is 10.8 Å². The zero-order valence-corrected chi connectivity index (χ0v) is 28.1. The predicted molar refractivity (Wildman–Crippen MR) is 181 cm³/mol. The summed E-state index contributed by atoms with van der Waals surface area (Å²) in [7, 11) is 1.57. The van der Waals surface area contributed by atoms with Gasteiger partial charge in [-0.3, -0.25) is 24.1 Å². The van der Waals surface area contributed by atoms with Gasteiger partial charge >= 0.3 is 5.97 Å². The third-order valence-electron chi connectivity index (χ3n) is 8.16. The van der Waals surface area contributed by atoms with Crippen LogP contribution in [-0.4, -0.2) is 91.2 Å². The van der Waals surface area contributed by atoms with Gasteiger partial charge in [0.1, 0.15) is 28.6 Å². The van der Waals surface area contributed by atoms with Crippen LogP contribution in [-0.2, 0) is 37.1 Å². The second-order valence-electron chi connectivity index (χ2n) is 11.4. The van der Waals surface area contributed by atoms with E-state index in [0.29, 0.717) is 42.1 Å². The number of nitrogens with zero attached hydrogens (tertiary/aromatic N) is 5. The highest BCUT2D eigenvalue weighted by Gasteiger charge is 2.54. The first-order chi connectivity index (χ1) is 24.1. The highest BCUT2D eigenvalue weighted by atomic mass is 32.2. The third-order valence-corrected chi connectivity index (χ3v) is 10.1. The number of oxime groups is 1. The van der Waals surface area contributed by atoms with Gasteiger partial charge < -0.3 is 36.3 Å². The van der Waals surface area contributed by atoms with E-state index in [2.05, 4.69) is 20.8 Å². The molecule has 0 saturated carbocycles. The molecule has 3 aliphatic rings. The molecule has 4 amide bonds. The van der Waals surface area contributed by atoms with Crippen LogP contribution in [0.15, 0.2) is 82.2 Å². The summed E-state index contributed by atoms with van der Waals surface area (Å²) >= 11 is 2.28. The molecule has 2 saturated heterocycles. The van der Waals surface area contributed by atoms with Gasteiger partial charge in [0.25, 0.3) is 17.7 Å². The fourth-order valence-electron chi connectivity index (χ4n) is 5.70. The number of fused-ring (bicyclic) bond motifs is 1. The van der Waals surface area contributed by atoms with E-state index in [0.717, 1.165) is 21.8 Å². The van der Waals surface area contributed by atoms with Crippen LogP contribution in [0.25, 0.3) is 0 Å². The fourth-order valence-corrected chi connectivity index (χ4v) is 7.55. The number of hydrogen-bond acceptors (Lipinski definition) is 12. The molecule has 1 aromatic carbocycles. The molecule has 0 bridgehead atoms. The fraction of sp³-hybridized carbons (Fsp3) is 0.250. The molecule has 0 radical (unpaired) electrons. The van der Waals surface area contributed by atoms with Gasteiger partial charge in [0.2, 0.25) is 12.5 Å². The molecule has 5 heterocycles. The van der Waals surface area contributed by atoms with Crippen molar-refractivity contribution in [1.29, 1.82) is 0 Å². The zero-order valence-electron chi connectivity index (χ0n) is 26.4. The number of carbonyl (C=O) groups is 5. The number of aromatic nitrogens is 2. The molecule has 6 rings (SSSR count). The number of anilines is 2. The summed E-state index contributed by atoms with van der Waals surface area (Å²) in [6.45, 7) is 0.829. The molecule has 18 heteroatoms. The number of aliphatic carboxylic acids is 1. The van der Waals surface area contributed by atoms with Crippen molar-refractivity contribution >= 4 is 69.2 Å². The molecule has 0 spiro atoms. The van der Waals surface area contributed by atoms with Crippen molar-refractivity contribution in [3.63, 3.8) is 0 Å². The number of β-lactam (4-membered cyclic amide) rings is 1. The molecule has 0 aliphatic carbocycles. The van der Waals surface area contributed by atoms with E-state index in [1.807, 2.05) is 12.1 Å². The van der Waals surface area contributed by atoms with E-state index < -0.39 is 34.9 Å². The molecule has 2 fully saturated rings. The molecule has 3 aliphatic heterocycles. The molecular weight excluding hydrogens is 689 g/mol. The summed E-state index contributed by atoms with van der Waals surface area (Å²) in [5, 5.41) is 28.6. The smallest absolute Gasteiger partial charge is 0.352 e. The maximum absolute atomic E-state index is 13.3. The quantitative estimate of drug-likeness (QED) is 0.0469. The van der Waals surface area contributed by atoms with Crippen molar-refractivity contribution in [2.75, 3.05) is 30.5 Å². The van der Waals surface area contributed by atoms with Gasteiger partial charge in [0, 0.05) is 47.6 Å². The van der Waals surface area contributed by atoms with Gasteiger partial charge in [-0.25, -0.2) is 9.78 Å². The van der Waals surface area contributed by atoms with Gasteiger partial charge in [-0.1, -0.05) is 5.16 Å². The number of likely N-dealkylation sites (tertiary alicyclic amines) is 1. The van der Waals surface area contributed by atoms with Crippen LogP contribution in [0, 0.1) is 0 Å². The number of nitrogens with one attached hydrogen (secondary N) is 2. The van der Waals surface area contributed by atoms with Crippen molar-refractivity contribution in [2.45, 2.75) is 30.9 Å². The Kier molecular flexibility index (Phi) is 9.82. The standard InChI is InChI=1S/C32H30N8O8S2/c1-48-21-4-2-20(3-5-21)34-23(41)14-38-9-6-17(7-10-38)13-39-11-8-18(28(39)43)12-19-15-49-30-25(29(44)40(30)26(19)31(45)46)36-27(42)24(37-47)22-16-50-32(33)35-22/h2-7,9-10,12,16,25,30H,8,11,13-15H2,1H3,(H5-,33,34,35,36,41,42,45,46,47)/p+1/t25-,30-/m1/s1. The number of hydrogen-bond donors (Lipinski definition) is 5. The Hall–Kier alpha value is -5.75. The molecule has 2 atom stereocenters. The van der Waals surface area contributed by atoms with Crippen LogP contribution in [0.5, 0.6) is 5.75 Å². The van der Waals surface area contributed by atoms with E-state index in [-0.39, 0.29) is 40.6 Å². The van der Waals surface area contributed by atoms with Gasteiger partial charge in [0.05, 0.1) is 7.11 Å². The van der Waals surface area contributed by atoms with E-state index in [1.54, 1.807) is 53.2 Å². The summed E-state index contributed by atoms with van der Waals surface area (Å²) < 4.78 is 6.85. The largest absolute Gasteiger partial charge is 0.497 e. The predicted octanol–water partition coefficient (Wildman–Crippen LogP) is 0.936. The lowest BCUT2D eigenvalue weighted by molar-refractivity contribution is -0.684. The van der Waals surface area contributed by atoms with Gasteiger partial charge in [-0.2, -0.15) is 4.57 Å². The number of nitrogen functional groups attached to an aromatic ring is 1. The topological polar surface area (TPSA) is 221 Å². The van der Waals surface area contributed by atoms with Crippen molar-refractivity contribution in [1.82, 2.24) is 20.1 Å². The van der Waals surface area contributed by atoms with Crippen LogP contribution in [0.2, 0.25) is 0 Å². The first-order valence-corrected chi connectivity index (χ1v) is 17.1. The first-order valence-electron chi connectivity index (χ1n) is 15.1. The Balaban J connectivity index is 1.07. The SMILES string of the molecule is COc1ccc(NC(=O)C[n+]2ccc(CN3CCC(=CC4=C(C(=O)O)N5C(=O)[C@@H](NC(=O)/C(=N\O)c6csc(N)n6)[C@H]5SC4)C3=O)cc2)cc1. The average Bonchev–Trinajstić information content (AvgIpc) is 3.68. The lowest BCUT2D eigenvalue weighted by Gasteiger charge is -2.49. The number of thiazole rings is 1. The number of methoxy groups -OCH3 is 1. The number of carboxylic acids is 1. The second kappa shape index (κ2) is 14.4. The maximum atomic E-state index is 13.3. The number of allylic oxidation sites excluding steroid dienone is 1. The van der Waals surface area contributed by atoms with Crippen molar-refractivity contribution in [2.24, 2.45) is 5.16 Å². The van der Waals surface area contributed by atoms with E-state index >= 15 is 0 Å². The number of amides is 4. The molecule has 6 N–H and O–H groups in total. The summed E-state index contributed by atoms with van der Waals surface area (Å²) in [6, 6.07) is 9.59. The molecule has 2 aromatic heterocycles. The highest BCUT2D eigenvalue weighted by molar-refractivity contribution is 8.00. The molecule has 16 nitrogen and oxygen atoms in total. The Bertz CT molecular complexity index is 1960. The Morgan fingerprint density at radius 1 is 1.18 bits per heavy atom. The molecular formula is C32H31N8O8S2+. The molecule has 50 heavy (non-hydrogen) atoms. The summed E-state index contributed by atoms with van der Waals surface area (Å²) in [6.07, 6.45) is 5.44. The van der Waals surface area contributed by atoms with E-state index in [1.165, 1.54) is 23.2 Å². The minimum Gasteiger partial charge on any atom is -0.497 e. The van der Waals surface area contributed by atoms with Crippen molar-refractivity contribution < 1.29 is 43.6 Å². The number of nitrogens with two attached hydrogens (primary N) is 1. The number of carbonyl (C=O) groups excluding carboxylic acids is 4. The van der Waals surface area contributed by atoms with E-state index in [4.69, 9.17) is 10.5 Å². The Labute approximate surface area is 292 Å².